The second-order valence-corrected chi connectivity index (χ2v) is 7.89. The average molecular weight is 268 g/mol. The summed E-state index contributed by atoms with van der Waals surface area (Å²) < 4.78 is 11.4. The van der Waals surface area contributed by atoms with Crippen LogP contribution in [-0.4, -0.2) is 24.8 Å². The zero-order valence-electron chi connectivity index (χ0n) is 13.0. The Morgan fingerprint density at radius 1 is 1.37 bits per heavy atom. The van der Waals surface area contributed by atoms with Gasteiger partial charge in [0.1, 0.15) is 6.10 Å². The first-order valence-electron chi connectivity index (χ1n) is 7.53. The van der Waals surface area contributed by atoms with Crippen LogP contribution in [0.25, 0.3) is 0 Å². The molecule has 1 saturated carbocycles. The lowest BCUT2D eigenvalue weighted by molar-refractivity contribution is -0.210. The van der Waals surface area contributed by atoms with Crippen molar-refractivity contribution >= 4 is 5.97 Å². The molecular formula is C16H28O3. The molecule has 3 atom stereocenters. The molecule has 0 amide bonds. The standard InChI is InChI=1S/C16H28O3/c1-15(2,3)9-6-7-12(17)19-14-11-8-10-18-13(11)16(14,4)5/h11,13-14H,6-10H2,1-5H3/t11-,13-,14-/m1/s1. The van der Waals surface area contributed by atoms with Gasteiger partial charge in [0, 0.05) is 24.4 Å². The maximum Gasteiger partial charge on any atom is 0.306 e. The quantitative estimate of drug-likeness (QED) is 0.731. The molecule has 0 unspecified atom stereocenters. The zero-order valence-corrected chi connectivity index (χ0v) is 13.0. The van der Waals surface area contributed by atoms with E-state index in [2.05, 4.69) is 34.6 Å². The van der Waals surface area contributed by atoms with Crippen molar-refractivity contribution in [3.63, 3.8) is 0 Å². The van der Waals surface area contributed by atoms with Crippen LogP contribution in [0.2, 0.25) is 0 Å². The van der Waals surface area contributed by atoms with Crippen LogP contribution in [-0.2, 0) is 14.3 Å². The predicted molar refractivity (Wildman–Crippen MR) is 74.8 cm³/mol. The molecule has 0 bridgehead atoms. The highest BCUT2D eigenvalue weighted by atomic mass is 16.6. The van der Waals surface area contributed by atoms with Gasteiger partial charge in [0.15, 0.2) is 0 Å². The highest BCUT2D eigenvalue weighted by Crippen LogP contribution is 2.53. The predicted octanol–water partition coefficient (Wildman–Crippen LogP) is 3.56. The smallest absolute Gasteiger partial charge is 0.306 e. The van der Waals surface area contributed by atoms with Gasteiger partial charge in [-0.2, -0.15) is 0 Å². The number of carbonyl (C=O) groups excluding carboxylic acids is 1. The molecule has 1 heterocycles. The summed E-state index contributed by atoms with van der Waals surface area (Å²) in [5, 5.41) is 0. The van der Waals surface area contributed by atoms with Crippen molar-refractivity contribution < 1.29 is 14.3 Å². The van der Waals surface area contributed by atoms with E-state index in [4.69, 9.17) is 9.47 Å². The van der Waals surface area contributed by atoms with Crippen molar-refractivity contribution in [1.29, 1.82) is 0 Å². The summed E-state index contributed by atoms with van der Waals surface area (Å²) in [7, 11) is 0. The molecule has 110 valence electrons. The van der Waals surface area contributed by atoms with Gasteiger partial charge in [-0.1, -0.05) is 34.6 Å². The molecular weight excluding hydrogens is 240 g/mol. The Labute approximate surface area is 117 Å². The van der Waals surface area contributed by atoms with Crippen molar-refractivity contribution in [3.05, 3.63) is 0 Å². The van der Waals surface area contributed by atoms with E-state index in [0.717, 1.165) is 25.9 Å². The van der Waals surface area contributed by atoms with Crippen LogP contribution >= 0.6 is 0 Å². The van der Waals surface area contributed by atoms with Crippen molar-refractivity contribution in [2.45, 2.75) is 72.5 Å². The van der Waals surface area contributed by atoms with Gasteiger partial charge in [-0.15, -0.1) is 0 Å². The number of hydrogen-bond donors (Lipinski definition) is 0. The second-order valence-electron chi connectivity index (χ2n) is 7.89. The van der Waals surface area contributed by atoms with Crippen molar-refractivity contribution in [3.8, 4) is 0 Å². The first kappa shape index (κ1) is 14.8. The fourth-order valence-electron chi connectivity index (χ4n) is 3.48. The molecule has 0 spiro atoms. The molecule has 2 aliphatic rings. The Morgan fingerprint density at radius 3 is 2.68 bits per heavy atom. The van der Waals surface area contributed by atoms with Crippen LogP contribution in [0.4, 0.5) is 0 Å². The average Bonchev–Trinajstić information content (AvgIpc) is 2.70. The second kappa shape index (κ2) is 5.08. The van der Waals surface area contributed by atoms with Crippen molar-refractivity contribution in [2.75, 3.05) is 6.61 Å². The van der Waals surface area contributed by atoms with E-state index in [9.17, 15) is 4.79 Å². The fourth-order valence-corrected chi connectivity index (χ4v) is 3.48. The monoisotopic (exact) mass is 268 g/mol. The number of hydrogen-bond acceptors (Lipinski definition) is 3. The van der Waals surface area contributed by atoms with Gasteiger partial charge >= 0.3 is 5.97 Å². The largest absolute Gasteiger partial charge is 0.461 e. The van der Waals surface area contributed by atoms with Gasteiger partial charge < -0.3 is 9.47 Å². The van der Waals surface area contributed by atoms with Gasteiger partial charge in [-0.25, -0.2) is 0 Å². The van der Waals surface area contributed by atoms with Crippen LogP contribution in [0.15, 0.2) is 0 Å². The zero-order chi connectivity index (χ0) is 14.3. The summed E-state index contributed by atoms with van der Waals surface area (Å²) in [6.45, 7) is 11.7. The topological polar surface area (TPSA) is 35.5 Å². The molecule has 19 heavy (non-hydrogen) atoms. The lowest BCUT2D eigenvalue weighted by Crippen LogP contribution is -2.61. The maximum absolute atomic E-state index is 11.9. The van der Waals surface area contributed by atoms with Crippen LogP contribution in [0.3, 0.4) is 0 Å². The molecule has 3 nitrogen and oxygen atoms in total. The molecule has 0 radical (unpaired) electrons. The number of ether oxygens (including phenoxy) is 2. The number of esters is 1. The third-order valence-corrected chi connectivity index (χ3v) is 4.56. The Hall–Kier alpha value is -0.570. The van der Waals surface area contributed by atoms with E-state index >= 15 is 0 Å². The fraction of sp³-hybridized carbons (Fsp3) is 0.938. The molecule has 1 aliphatic heterocycles. The summed E-state index contributed by atoms with van der Waals surface area (Å²) in [5.41, 5.74) is 0.279. The SMILES string of the molecule is CC(C)(C)CCCC(=O)O[C@@H]1[C@@H]2CCO[C@H]2C1(C)C. The van der Waals surface area contributed by atoms with Gasteiger partial charge in [-0.05, 0) is 24.7 Å². The minimum absolute atomic E-state index is 0.0130. The number of rotatable bonds is 4. The Balaban J connectivity index is 1.77. The van der Waals surface area contributed by atoms with E-state index in [-0.39, 0.29) is 17.5 Å². The van der Waals surface area contributed by atoms with Gasteiger partial charge in [-0.3, -0.25) is 4.79 Å². The molecule has 2 fully saturated rings. The Morgan fingerprint density at radius 2 is 2.05 bits per heavy atom. The summed E-state index contributed by atoms with van der Waals surface area (Å²) in [6, 6.07) is 0. The van der Waals surface area contributed by atoms with Gasteiger partial charge in [0.05, 0.1) is 6.10 Å². The van der Waals surface area contributed by atoms with Crippen LogP contribution in [0, 0.1) is 16.7 Å². The first-order chi connectivity index (χ1) is 8.72. The summed E-state index contributed by atoms with van der Waals surface area (Å²) in [4.78, 5) is 11.9. The number of carbonyl (C=O) groups is 1. The van der Waals surface area contributed by atoms with Gasteiger partial charge in [0.2, 0.25) is 0 Å². The summed E-state index contributed by atoms with van der Waals surface area (Å²) >= 11 is 0. The lowest BCUT2D eigenvalue weighted by atomic mass is 9.59. The first-order valence-corrected chi connectivity index (χ1v) is 7.53. The van der Waals surface area contributed by atoms with E-state index in [0.29, 0.717) is 23.9 Å². The molecule has 1 aliphatic carbocycles. The van der Waals surface area contributed by atoms with E-state index in [1.165, 1.54) is 0 Å². The molecule has 3 heteroatoms. The molecule has 0 aromatic rings. The minimum atomic E-state index is -0.0346. The minimum Gasteiger partial charge on any atom is -0.461 e. The maximum atomic E-state index is 11.9. The highest BCUT2D eigenvalue weighted by Gasteiger charge is 2.61. The van der Waals surface area contributed by atoms with E-state index in [1.54, 1.807) is 0 Å². The Bertz CT molecular complexity index is 340. The number of fused-ring (bicyclic) bond motifs is 1. The van der Waals surface area contributed by atoms with Crippen LogP contribution in [0.5, 0.6) is 0 Å². The van der Waals surface area contributed by atoms with E-state index in [1.807, 2.05) is 0 Å². The van der Waals surface area contributed by atoms with Crippen molar-refractivity contribution in [2.24, 2.45) is 16.7 Å². The third kappa shape index (κ3) is 3.13. The summed E-state index contributed by atoms with van der Waals surface area (Å²) in [5.74, 6) is 0.397. The molecule has 0 aromatic carbocycles. The molecule has 0 aromatic heterocycles. The molecule has 1 saturated heterocycles. The third-order valence-electron chi connectivity index (χ3n) is 4.56. The molecule has 0 N–H and O–H groups in total. The van der Waals surface area contributed by atoms with Crippen LogP contribution < -0.4 is 0 Å². The van der Waals surface area contributed by atoms with Crippen molar-refractivity contribution in [1.82, 2.24) is 0 Å². The molecule has 2 rings (SSSR count). The summed E-state index contributed by atoms with van der Waals surface area (Å²) in [6.07, 6.45) is 3.91. The lowest BCUT2D eigenvalue weighted by Gasteiger charge is -2.53. The van der Waals surface area contributed by atoms with E-state index < -0.39 is 0 Å². The highest BCUT2D eigenvalue weighted by molar-refractivity contribution is 5.69. The van der Waals surface area contributed by atoms with Crippen LogP contribution in [0.1, 0.15) is 60.3 Å². The Kier molecular flexibility index (Phi) is 3.97. The van der Waals surface area contributed by atoms with Gasteiger partial charge in [0.25, 0.3) is 0 Å². The normalized spacial score (nSPS) is 32.6.